The lowest BCUT2D eigenvalue weighted by Crippen LogP contribution is -2.47. The number of nitriles is 1. The molecule has 130 valence electrons. The van der Waals surface area contributed by atoms with Crippen molar-refractivity contribution in [3.05, 3.63) is 65.2 Å². The zero-order chi connectivity index (χ0) is 18.1. The van der Waals surface area contributed by atoms with Crippen molar-refractivity contribution in [1.29, 1.82) is 5.26 Å². The number of nitrogens with zero attached hydrogens (tertiary/aromatic N) is 2. The molecule has 1 saturated heterocycles. The van der Waals surface area contributed by atoms with E-state index in [1.54, 1.807) is 12.1 Å². The maximum absolute atomic E-state index is 13.1. The van der Waals surface area contributed by atoms with E-state index in [0.717, 1.165) is 5.56 Å². The zero-order valence-corrected chi connectivity index (χ0v) is 14.1. The van der Waals surface area contributed by atoms with E-state index < -0.39 is 5.54 Å². The standard InChI is InChI=1S/C20H17N3O3/c21-13-15-7-5-14(6-8-15)9-11-23-18(24)20(22-19(23)25)10-12-26-17-4-2-1-3-16(17)20/h1-8H,9-12H2,(H,22,25). The van der Waals surface area contributed by atoms with Crippen LogP contribution >= 0.6 is 0 Å². The lowest BCUT2D eigenvalue weighted by molar-refractivity contribution is -0.132. The molecule has 3 amide bonds. The smallest absolute Gasteiger partial charge is 0.325 e. The summed E-state index contributed by atoms with van der Waals surface area (Å²) < 4.78 is 5.63. The van der Waals surface area contributed by atoms with Gasteiger partial charge >= 0.3 is 6.03 Å². The molecule has 1 spiro atoms. The van der Waals surface area contributed by atoms with E-state index in [2.05, 4.69) is 11.4 Å². The Labute approximate surface area is 151 Å². The molecule has 0 aromatic heterocycles. The number of fused-ring (bicyclic) bond motifs is 2. The third kappa shape index (κ3) is 2.49. The number of benzene rings is 2. The Bertz CT molecular complexity index is 917. The van der Waals surface area contributed by atoms with E-state index in [0.29, 0.717) is 42.9 Å². The van der Waals surface area contributed by atoms with Gasteiger partial charge in [0.1, 0.15) is 5.75 Å². The molecular formula is C20H17N3O3. The molecule has 2 aliphatic rings. The van der Waals surface area contributed by atoms with Gasteiger partial charge in [-0.2, -0.15) is 5.26 Å². The molecule has 0 radical (unpaired) electrons. The van der Waals surface area contributed by atoms with Crippen LogP contribution in [0.5, 0.6) is 5.75 Å². The Hall–Kier alpha value is -3.33. The van der Waals surface area contributed by atoms with Crippen LogP contribution in [0.4, 0.5) is 4.79 Å². The minimum Gasteiger partial charge on any atom is -0.493 e. The van der Waals surface area contributed by atoms with Crippen LogP contribution in [0.1, 0.15) is 23.1 Å². The summed E-state index contributed by atoms with van der Waals surface area (Å²) in [5.74, 6) is 0.410. The maximum atomic E-state index is 13.1. The van der Waals surface area contributed by atoms with Crippen molar-refractivity contribution < 1.29 is 14.3 Å². The Balaban J connectivity index is 1.56. The molecule has 6 heteroatoms. The summed E-state index contributed by atoms with van der Waals surface area (Å²) in [6, 6.07) is 16.2. The van der Waals surface area contributed by atoms with Crippen molar-refractivity contribution in [2.75, 3.05) is 13.2 Å². The second-order valence-electron chi connectivity index (χ2n) is 6.45. The number of carbonyl (C=O) groups excluding carboxylic acids is 2. The van der Waals surface area contributed by atoms with Gasteiger partial charge in [-0.25, -0.2) is 4.79 Å². The largest absolute Gasteiger partial charge is 0.493 e. The number of hydrogen-bond acceptors (Lipinski definition) is 4. The number of rotatable bonds is 3. The fourth-order valence-electron chi connectivity index (χ4n) is 3.56. The summed E-state index contributed by atoms with van der Waals surface area (Å²) in [7, 11) is 0. The van der Waals surface area contributed by atoms with Crippen molar-refractivity contribution >= 4 is 11.9 Å². The Morgan fingerprint density at radius 2 is 1.92 bits per heavy atom. The summed E-state index contributed by atoms with van der Waals surface area (Å²) in [5.41, 5.74) is 1.24. The number of ether oxygens (including phenoxy) is 1. The number of carbonyl (C=O) groups is 2. The number of nitrogens with one attached hydrogen (secondary N) is 1. The monoisotopic (exact) mass is 347 g/mol. The van der Waals surface area contributed by atoms with E-state index in [-0.39, 0.29) is 11.9 Å². The van der Waals surface area contributed by atoms with Gasteiger partial charge in [0.15, 0.2) is 5.54 Å². The Kier molecular flexibility index (Phi) is 3.85. The average molecular weight is 347 g/mol. The van der Waals surface area contributed by atoms with Crippen LogP contribution in [0.3, 0.4) is 0 Å². The van der Waals surface area contributed by atoms with Gasteiger partial charge in [0.2, 0.25) is 0 Å². The molecule has 1 N–H and O–H groups in total. The molecule has 0 aliphatic carbocycles. The molecule has 0 saturated carbocycles. The van der Waals surface area contributed by atoms with Gasteiger partial charge in [-0.3, -0.25) is 9.69 Å². The van der Waals surface area contributed by atoms with Crippen molar-refractivity contribution in [1.82, 2.24) is 10.2 Å². The van der Waals surface area contributed by atoms with Crippen LogP contribution in [-0.4, -0.2) is 30.0 Å². The quantitative estimate of drug-likeness (QED) is 0.864. The Morgan fingerprint density at radius 3 is 2.69 bits per heavy atom. The number of imide groups is 1. The minimum atomic E-state index is -1.03. The molecule has 2 aromatic carbocycles. The number of hydrogen-bond donors (Lipinski definition) is 1. The number of para-hydroxylation sites is 1. The molecule has 6 nitrogen and oxygen atoms in total. The summed E-state index contributed by atoms with van der Waals surface area (Å²) in [4.78, 5) is 26.9. The molecule has 26 heavy (non-hydrogen) atoms. The molecule has 1 unspecified atom stereocenters. The van der Waals surface area contributed by atoms with Gasteiger partial charge in [-0.05, 0) is 30.2 Å². The van der Waals surface area contributed by atoms with Gasteiger partial charge in [0.05, 0.1) is 18.2 Å². The van der Waals surface area contributed by atoms with Crippen LogP contribution in [0.15, 0.2) is 48.5 Å². The first kappa shape index (κ1) is 16.2. The van der Waals surface area contributed by atoms with E-state index >= 15 is 0 Å². The van der Waals surface area contributed by atoms with E-state index in [4.69, 9.17) is 10.00 Å². The predicted octanol–water partition coefficient (Wildman–Crippen LogP) is 2.33. The molecule has 1 atom stereocenters. The van der Waals surface area contributed by atoms with Crippen molar-refractivity contribution in [2.24, 2.45) is 0 Å². The lowest BCUT2D eigenvalue weighted by Gasteiger charge is -2.33. The first-order chi connectivity index (χ1) is 12.6. The second-order valence-corrected chi connectivity index (χ2v) is 6.45. The van der Waals surface area contributed by atoms with Gasteiger partial charge in [-0.1, -0.05) is 30.3 Å². The zero-order valence-electron chi connectivity index (χ0n) is 14.1. The van der Waals surface area contributed by atoms with Gasteiger partial charge in [0.25, 0.3) is 5.91 Å². The summed E-state index contributed by atoms with van der Waals surface area (Å²) in [6.45, 7) is 0.674. The van der Waals surface area contributed by atoms with E-state index in [1.165, 1.54) is 4.90 Å². The van der Waals surface area contributed by atoms with Crippen molar-refractivity contribution in [3.8, 4) is 11.8 Å². The third-order valence-electron chi connectivity index (χ3n) is 4.96. The van der Waals surface area contributed by atoms with Crippen LogP contribution in [0.2, 0.25) is 0 Å². The van der Waals surface area contributed by atoms with E-state index in [1.807, 2.05) is 36.4 Å². The predicted molar refractivity (Wildman–Crippen MR) is 93.3 cm³/mol. The van der Waals surface area contributed by atoms with Crippen LogP contribution in [0.25, 0.3) is 0 Å². The van der Waals surface area contributed by atoms with Crippen molar-refractivity contribution in [3.63, 3.8) is 0 Å². The average Bonchev–Trinajstić information content (AvgIpc) is 2.91. The van der Waals surface area contributed by atoms with Crippen LogP contribution in [0, 0.1) is 11.3 Å². The summed E-state index contributed by atoms with van der Waals surface area (Å²) >= 11 is 0. The maximum Gasteiger partial charge on any atom is 0.325 e. The first-order valence-electron chi connectivity index (χ1n) is 8.49. The fourth-order valence-corrected chi connectivity index (χ4v) is 3.56. The highest BCUT2D eigenvalue weighted by atomic mass is 16.5. The molecule has 2 heterocycles. The van der Waals surface area contributed by atoms with Gasteiger partial charge in [-0.15, -0.1) is 0 Å². The highest BCUT2D eigenvalue weighted by Crippen LogP contribution is 2.40. The highest BCUT2D eigenvalue weighted by Gasteiger charge is 2.54. The summed E-state index contributed by atoms with van der Waals surface area (Å²) in [5, 5.41) is 11.7. The Morgan fingerprint density at radius 1 is 1.15 bits per heavy atom. The van der Waals surface area contributed by atoms with E-state index in [9.17, 15) is 9.59 Å². The molecule has 0 bridgehead atoms. The lowest BCUT2D eigenvalue weighted by atomic mass is 9.84. The SMILES string of the molecule is N#Cc1ccc(CCN2C(=O)NC3(CCOc4ccccc43)C2=O)cc1. The van der Waals surface area contributed by atoms with Gasteiger partial charge < -0.3 is 10.1 Å². The van der Waals surface area contributed by atoms with Crippen molar-refractivity contribution in [2.45, 2.75) is 18.4 Å². The van der Waals surface area contributed by atoms with Gasteiger partial charge in [0, 0.05) is 18.5 Å². The minimum absolute atomic E-state index is 0.230. The fraction of sp³-hybridized carbons (Fsp3) is 0.250. The van der Waals surface area contributed by atoms with Crippen LogP contribution < -0.4 is 10.1 Å². The van der Waals surface area contributed by atoms with Crippen LogP contribution in [-0.2, 0) is 16.8 Å². The third-order valence-corrected chi connectivity index (χ3v) is 4.96. The molecule has 1 fully saturated rings. The number of urea groups is 1. The highest BCUT2D eigenvalue weighted by molar-refractivity contribution is 6.08. The topological polar surface area (TPSA) is 82.4 Å². The molecule has 2 aliphatic heterocycles. The summed E-state index contributed by atoms with van der Waals surface area (Å²) in [6.07, 6.45) is 0.959. The molecule has 2 aromatic rings. The first-order valence-corrected chi connectivity index (χ1v) is 8.49. The normalized spacial score (nSPS) is 21.1. The second kappa shape index (κ2) is 6.19. The number of amides is 3. The molecular weight excluding hydrogens is 330 g/mol. The molecule has 4 rings (SSSR count).